The number of hydrogen-bond donors (Lipinski definition) is 0. The molecule has 0 unspecified atom stereocenters. The fraction of sp³-hybridized carbons (Fsp3) is 0.188. The molecule has 22 heavy (non-hydrogen) atoms. The van der Waals surface area contributed by atoms with Crippen molar-refractivity contribution in [2.45, 2.75) is 19.0 Å². The van der Waals surface area contributed by atoms with Gasteiger partial charge < -0.3 is 4.74 Å². The Hall–Kier alpha value is -2.01. The number of halogens is 4. The lowest BCUT2D eigenvalue weighted by atomic mass is 10.1. The van der Waals surface area contributed by atoms with Gasteiger partial charge in [0.05, 0.1) is 5.56 Å². The minimum Gasteiger partial charge on any atom is -0.427 e. The molecule has 0 heterocycles. The summed E-state index contributed by atoms with van der Waals surface area (Å²) in [4.78, 5) is 11.7. The highest BCUT2D eigenvalue weighted by Gasteiger charge is 2.29. The van der Waals surface area contributed by atoms with E-state index < -0.39 is 17.7 Å². The second-order valence-electron chi connectivity index (χ2n) is 4.62. The molecule has 0 aromatic heterocycles. The zero-order chi connectivity index (χ0) is 16.2. The lowest BCUT2D eigenvalue weighted by Crippen LogP contribution is -2.09. The van der Waals surface area contributed by atoms with E-state index in [1.807, 2.05) is 0 Å². The SMILES string of the molecule is O=C(CCc1ccc(C(F)(F)F)cc1)Oc1ccc(Cl)cc1. The van der Waals surface area contributed by atoms with Crippen molar-refractivity contribution in [3.8, 4) is 5.75 Å². The maximum atomic E-state index is 12.4. The van der Waals surface area contributed by atoms with Gasteiger partial charge in [-0.1, -0.05) is 23.7 Å². The molecule has 0 saturated heterocycles. The molecule has 6 heteroatoms. The van der Waals surface area contributed by atoms with Gasteiger partial charge in [-0.2, -0.15) is 13.2 Å². The molecule has 2 rings (SSSR count). The van der Waals surface area contributed by atoms with E-state index >= 15 is 0 Å². The molecule has 0 aliphatic rings. The third-order valence-electron chi connectivity index (χ3n) is 2.94. The Morgan fingerprint density at radius 1 is 1.00 bits per heavy atom. The number of aryl methyl sites for hydroxylation is 1. The lowest BCUT2D eigenvalue weighted by molar-refractivity contribution is -0.137. The molecule has 0 bridgehead atoms. The Balaban J connectivity index is 1.87. The molecule has 2 nitrogen and oxygen atoms in total. The molecule has 2 aromatic carbocycles. The van der Waals surface area contributed by atoms with E-state index in [4.69, 9.17) is 16.3 Å². The van der Waals surface area contributed by atoms with E-state index in [0.29, 0.717) is 22.8 Å². The van der Waals surface area contributed by atoms with Crippen molar-refractivity contribution in [3.05, 3.63) is 64.7 Å². The van der Waals surface area contributed by atoms with Gasteiger partial charge in [-0.15, -0.1) is 0 Å². The lowest BCUT2D eigenvalue weighted by Gasteiger charge is -2.08. The normalized spacial score (nSPS) is 11.3. The van der Waals surface area contributed by atoms with Crippen LogP contribution in [0.5, 0.6) is 5.75 Å². The first kappa shape index (κ1) is 16.4. The smallest absolute Gasteiger partial charge is 0.416 e. The quantitative estimate of drug-likeness (QED) is 0.589. The van der Waals surface area contributed by atoms with E-state index in [1.54, 1.807) is 24.3 Å². The van der Waals surface area contributed by atoms with Crippen LogP contribution >= 0.6 is 11.6 Å². The average Bonchev–Trinajstić information content (AvgIpc) is 2.47. The average molecular weight is 329 g/mol. The summed E-state index contributed by atoms with van der Waals surface area (Å²) in [6.45, 7) is 0. The number of carbonyl (C=O) groups is 1. The van der Waals surface area contributed by atoms with E-state index in [2.05, 4.69) is 0 Å². The number of carbonyl (C=O) groups excluding carboxylic acids is 1. The monoisotopic (exact) mass is 328 g/mol. The van der Waals surface area contributed by atoms with Crippen LogP contribution in [-0.4, -0.2) is 5.97 Å². The van der Waals surface area contributed by atoms with Gasteiger partial charge in [-0.05, 0) is 48.4 Å². The number of alkyl halides is 3. The molecular formula is C16H12ClF3O2. The molecule has 2 aromatic rings. The van der Waals surface area contributed by atoms with Crippen LogP contribution in [0.1, 0.15) is 17.5 Å². The van der Waals surface area contributed by atoms with Crippen LogP contribution in [-0.2, 0) is 17.4 Å². The van der Waals surface area contributed by atoms with Gasteiger partial charge >= 0.3 is 12.1 Å². The summed E-state index contributed by atoms with van der Waals surface area (Å²) in [6.07, 6.45) is -3.97. The first-order valence-electron chi connectivity index (χ1n) is 6.47. The molecule has 0 spiro atoms. The highest BCUT2D eigenvalue weighted by Crippen LogP contribution is 2.29. The molecule has 0 aliphatic carbocycles. The van der Waals surface area contributed by atoms with Gasteiger partial charge in [0.1, 0.15) is 5.75 Å². The topological polar surface area (TPSA) is 26.3 Å². The fourth-order valence-corrected chi connectivity index (χ4v) is 1.92. The predicted octanol–water partition coefficient (Wildman–Crippen LogP) is 4.90. The van der Waals surface area contributed by atoms with Crippen LogP contribution in [0.25, 0.3) is 0 Å². The van der Waals surface area contributed by atoms with Gasteiger partial charge in [0, 0.05) is 11.4 Å². The van der Waals surface area contributed by atoms with Crippen LogP contribution in [0.4, 0.5) is 13.2 Å². The Labute approximate surface area is 130 Å². The summed E-state index contributed by atoms with van der Waals surface area (Å²) in [7, 11) is 0. The number of ether oxygens (including phenoxy) is 1. The van der Waals surface area contributed by atoms with E-state index in [0.717, 1.165) is 12.1 Å². The third-order valence-corrected chi connectivity index (χ3v) is 3.20. The maximum Gasteiger partial charge on any atom is 0.416 e. The predicted molar refractivity (Wildman–Crippen MR) is 76.9 cm³/mol. The van der Waals surface area contributed by atoms with E-state index in [1.165, 1.54) is 12.1 Å². The molecule has 116 valence electrons. The number of rotatable bonds is 4. The third kappa shape index (κ3) is 4.77. The summed E-state index contributed by atoms with van der Waals surface area (Å²) in [6, 6.07) is 11.0. The standard InChI is InChI=1S/C16H12ClF3O2/c17-13-6-8-14(9-7-13)22-15(21)10-3-11-1-4-12(5-2-11)16(18,19)20/h1-2,4-9H,3,10H2. The van der Waals surface area contributed by atoms with Crippen LogP contribution in [0.15, 0.2) is 48.5 Å². The fourth-order valence-electron chi connectivity index (χ4n) is 1.79. The van der Waals surface area contributed by atoms with Gasteiger partial charge in [0.25, 0.3) is 0 Å². The minimum absolute atomic E-state index is 0.0774. The minimum atomic E-state index is -4.36. The Morgan fingerprint density at radius 2 is 1.59 bits per heavy atom. The van der Waals surface area contributed by atoms with Gasteiger partial charge in [0.2, 0.25) is 0 Å². The largest absolute Gasteiger partial charge is 0.427 e. The number of benzene rings is 2. The summed E-state index contributed by atoms with van der Waals surface area (Å²) in [5, 5.41) is 0.532. The number of hydrogen-bond acceptors (Lipinski definition) is 2. The van der Waals surface area contributed by atoms with E-state index in [-0.39, 0.29) is 6.42 Å². The molecule has 0 amide bonds. The van der Waals surface area contributed by atoms with Crippen molar-refractivity contribution in [2.75, 3.05) is 0 Å². The zero-order valence-electron chi connectivity index (χ0n) is 11.4. The summed E-state index contributed by atoms with van der Waals surface area (Å²) < 4.78 is 42.4. The van der Waals surface area contributed by atoms with Crippen LogP contribution < -0.4 is 4.74 Å². The second kappa shape index (κ2) is 6.83. The Bertz CT molecular complexity index is 634. The first-order valence-corrected chi connectivity index (χ1v) is 6.85. The van der Waals surface area contributed by atoms with Crippen LogP contribution in [0, 0.1) is 0 Å². The molecule has 0 fully saturated rings. The van der Waals surface area contributed by atoms with Crippen LogP contribution in [0.3, 0.4) is 0 Å². The first-order chi connectivity index (χ1) is 10.3. The van der Waals surface area contributed by atoms with Crippen molar-refractivity contribution in [1.29, 1.82) is 0 Å². The van der Waals surface area contributed by atoms with Gasteiger partial charge in [-0.3, -0.25) is 4.79 Å². The Kier molecular flexibility index (Phi) is 5.08. The van der Waals surface area contributed by atoms with E-state index in [9.17, 15) is 18.0 Å². The Morgan fingerprint density at radius 3 is 2.14 bits per heavy atom. The highest BCUT2D eigenvalue weighted by molar-refractivity contribution is 6.30. The summed E-state index contributed by atoms with van der Waals surface area (Å²) in [5.74, 6) is -0.0796. The maximum absolute atomic E-state index is 12.4. The molecule has 0 N–H and O–H groups in total. The van der Waals surface area contributed by atoms with Crippen molar-refractivity contribution in [1.82, 2.24) is 0 Å². The van der Waals surface area contributed by atoms with Crippen molar-refractivity contribution in [3.63, 3.8) is 0 Å². The molecule has 0 atom stereocenters. The van der Waals surface area contributed by atoms with Crippen molar-refractivity contribution in [2.24, 2.45) is 0 Å². The van der Waals surface area contributed by atoms with Gasteiger partial charge in [0.15, 0.2) is 0 Å². The van der Waals surface area contributed by atoms with Gasteiger partial charge in [-0.25, -0.2) is 0 Å². The molecule has 0 radical (unpaired) electrons. The van der Waals surface area contributed by atoms with Crippen molar-refractivity contribution < 1.29 is 22.7 Å². The summed E-state index contributed by atoms with van der Waals surface area (Å²) >= 11 is 5.71. The second-order valence-corrected chi connectivity index (χ2v) is 5.06. The highest BCUT2D eigenvalue weighted by atomic mass is 35.5. The van der Waals surface area contributed by atoms with Crippen molar-refractivity contribution >= 4 is 17.6 Å². The number of esters is 1. The zero-order valence-corrected chi connectivity index (χ0v) is 12.1. The molecule has 0 saturated carbocycles. The van der Waals surface area contributed by atoms with Crippen LogP contribution in [0.2, 0.25) is 5.02 Å². The summed E-state index contributed by atoms with van der Waals surface area (Å²) in [5.41, 5.74) is -0.0685. The molecule has 0 aliphatic heterocycles. The molecular weight excluding hydrogens is 317 g/mol.